The topological polar surface area (TPSA) is 82.1 Å². The first-order valence-corrected chi connectivity index (χ1v) is 4.39. The van der Waals surface area contributed by atoms with Crippen molar-refractivity contribution in [1.29, 1.82) is 0 Å². The summed E-state index contributed by atoms with van der Waals surface area (Å²) in [5.74, 6) is -0.642. The number of fused-ring (bicyclic) bond motifs is 4. The standard InChI is InChI=1S/C8H8O6/c9-6-8(11)1-3(12-6)5-4(2-8)13-7(10)14-5/h3-5,11H,1-2H2/t3?,4?,5?,8-/m1/s1. The molecule has 0 radical (unpaired) electrons. The van der Waals surface area contributed by atoms with E-state index in [2.05, 4.69) is 0 Å². The molecule has 0 amide bonds. The van der Waals surface area contributed by atoms with Gasteiger partial charge in [0.1, 0.15) is 12.2 Å². The van der Waals surface area contributed by atoms with Crippen molar-refractivity contribution < 1.29 is 28.9 Å². The van der Waals surface area contributed by atoms with E-state index in [1.165, 1.54) is 0 Å². The Morgan fingerprint density at radius 3 is 2.50 bits per heavy atom. The zero-order chi connectivity index (χ0) is 9.92. The van der Waals surface area contributed by atoms with Crippen LogP contribution in [0.2, 0.25) is 0 Å². The second kappa shape index (κ2) is 2.20. The highest BCUT2D eigenvalue weighted by atomic mass is 16.8. The van der Waals surface area contributed by atoms with Crippen molar-refractivity contribution in [3.8, 4) is 0 Å². The van der Waals surface area contributed by atoms with Gasteiger partial charge in [0.15, 0.2) is 11.7 Å². The zero-order valence-electron chi connectivity index (χ0n) is 7.13. The van der Waals surface area contributed by atoms with Crippen molar-refractivity contribution in [3.05, 3.63) is 0 Å². The van der Waals surface area contributed by atoms with E-state index in [1.807, 2.05) is 0 Å². The average molecular weight is 200 g/mol. The predicted molar refractivity (Wildman–Crippen MR) is 39.2 cm³/mol. The van der Waals surface area contributed by atoms with E-state index >= 15 is 0 Å². The van der Waals surface area contributed by atoms with Crippen molar-refractivity contribution in [3.63, 3.8) is 0 Å². The van der Waals surface area contributed by atoms with E-state index in [1.54, 1.807) is 0 Å². The van der Waals surface area contributed by atoms with Crippen LogP contribution in [0, 0.1) is 0 Å². The second-order valence-electron chi connectivity index (χ2n) is 3.87. The Kier molecular flexibility index (Phi) is 1.26. The first kappa shape index (κ1) is 8.05. The molecule has 2 aliphatic heterocycles. The lowest BCUT2D eigenvalue weighted by Gasteiger charge is -2.28. The minimum absolute atomic E-state index is 0.0682. The Balaban J connectivity index is 1.94. The maximum absolute atomic E-state index is 11.2. The molecule has 0 aromatic heterocycles. The fraction of sp³-hybridized carbons (Fsp3) is 0.750. The molecule has 3 rings (SSSR count). The SMILES string of the molecule is O=C1OC2C[C@]3(O)CC(OC3=O)C2O1. The first-order chi connectivity index (χ1) is 6.58. The van der Waals surface area contributed by atoms with Crippen LogP contribution >= 0.6 is 0 Å². The van der Waals surface area contributed by atoms with E-state index in [-0.39, 0.29) is 12.8 Å². The van der Waals surface area contributed by atoms with E-state index in [0.717, 1.165) is 0 Å². The van der Waals surface area contributed by atoms with Gasteiger partial charge in [0.05, 0.1) is 0 Å². The van der Waals surface area contributed by atoms with Gasteiger partial charge in [0, 0.05) is 12.8 Å². The highest BCUT2D eigenvalue weighted by Gasteiger charge is 2.62. The molecule has 2 saturated heterocycles. The number of carbonyl (C=O) groups is 2. The molecular formula is C8H8O6. The number of ether oxygens (including phenoxy) is 3. The van der Waals surface area contributed by atoms with E-state index < -0.39 is 36.0 Å². The Bertz CT molecular complexity index is 324. The maximum atomic E-state index is 11.2. The summed E-state index contributed by atoms with van der Waals surface area (Å²) in [7, 11) is 0. The van der Waals surface area contributed by atoms with Gasteiger partial charge in [0.25, 0.3) is 0 Å². The van der Waals surface area contributed by atoms with Crippen LogP contribution in [0.15, 0.2) is 0 Å². The molecule has 0 aromatic carbocycles. The third-order valence-electron chi connectivity index (χ3n) is 2.93. The second-order valence-corrected chi connectivity index (χ2v) is 3.87. The van der Waals surface area contributed by atoms with Crippen molar-refractivity contribution in [2.24, 2.45) is 0 Å². The summed E-state index contributed by atoms with van der Waals surface area (Å²) < 4.78 is 14.5. The van der Waals surface area contributed by atoms with Crippen LogP contribution < -0.4 is 0 Å². The van der Waals surface area contributed by atoms with Gasteiger partial charge in [-0.05, 0) is 0 Å². The molecule has 6 nitrogen and oxygen atoms in total. The van der Waals surface area contributed by atoms with E-state index in [0.29, 0.717) is 0 Å². The predicted octanol–water partition coefficient (Wildman–Crippen LogP) is -0.659. The molecule has 0 aromatic rings. The lowest BCUT2D eigenvalue weighted by atomic mass is 9.82. The third kappa shape index (κ3) is 0.836. The molecule has 3 unspecified atom stereocenters. The Hall–Kier alpha value is -1.30. The summed E-state index contributed by atoms with van der Waals surface area (Å²) in [6, 6.07) is 0. The highest BCUT2D eigenvalue weighted by Crippen LogP contribution is 2.42. The summed E-state index contributed by atoms with van der Waals surface area (Å²) in [5, 5.41) is 9.80. The van der Waals surface area contributed by atoms with Gasteiger partial charge >= 0.3 is 12.1 Å². The zero-order valence-corrected chi connectivity index (χ0v) is 7.13. The quantitative estimate of drug-likeness (QED) is 0.523. The lowest BCUT2D eigenvalue weighted by Crippen LogP contribution is -2.47. The van der Waals surface area contributed by atoms with Gasteiger partial charge < -0.3 is 19.3 Å². The number of hydrogen-bond donors (Lipinski definition) is 1. The van der Waals surface area contributed by atoms with Crippen molar-refractivity contribution in [1.82, 2.24) is 0 Å². The summed E-state index contributed by atoms with van der Waals surface area (Å²) in [5.41, 5.74) is -1.49. The van der Waals surface area contributed by atoms with Crippen LogP contribution in [-0.2, 0) is 19.0 Å². The van der Waals surface area contributed by atoms with Gasteiger partial charge in [-0.25, -0.2) is 9.59 Å². The minimum atomic E-state index is -1.49. The number of esters is 1. The normalized spacial score (nSPS) is 49.4. The molecule has 3 fully saturated rings. The largest absolute Gasteiger partial charge is 0.509 e. The maximum Gasteiger partial charge on any atom is 0.509 e. The number of hydrogen-bond acceptors (Lipinski definition) is 6. The molecule has 2 heterocycles. The van der Waals surface area contributed by atoms with E-state index in [9.17, 15) is 14.7 Å². The summed E-state index contributed by atoms with van der Waals surface area (Å²) >= 11 is 0. The Labute approximate surface area is 78.7 Å². The van der Waals surface area contributed by atoms with Crippen LogP contribution in [0.3, 0.4) is 0 Å². The fourth-order valence-corrected chi connectivity index (χ4v) is 2.27. The smallest absolute Gasteiger partial charge is 0.456 e. The van der Waals surface area contributed by atoms with Crippen LogP contribution in [-0.4, -0.2) is 41.1 Å². The third-order valence-corrected chi connectivity index (χ3v) is 2.93. The van der Waals surface area contributed by atoms with Gasteiger partial charge in [-0.15, -0.1) is 0 Å². The van der Waals surface area contributed by atoms with Crippen molar-refractivity contribution >= 4 is 12.1 Å². The van der Waals surface area contributed by atoms with Gasteiger partial charge in [-0.3, -0.25) is 0 Å². The molecule has 2 bridgehead atoms. The average Bonchev–Trinajstić information content (AvgIpc) is 2.54. The summed E-state index contributed by atoms with van der Waals surface area (Å²) in [6.07, 6.45) is -2.17. The molecule has 1 saturated carbocycles. The van der Waals surface area contributed by atoms with Gasteiger partial charge in [-0.1, -0.05) is 0 Å². The van der Waals surface area contributed by atoms with Crippen molar-refractivity contribution in [2.75, 3.05) is 0 Å². The molecule has 3 aliphatic rings. The Morgan fingerprint density at radius 2 is 1.79 bits per heavy atom. The first-order valence-electron chi connectivity index (χ1n) is 4.39. The molecule has 1 aliphatic carbocycles. The van der Waals surface area contributed by atoms with Crippen LogP contribution in [0.25, 0.3) is 0 Å². The van der Waals surface area contributed by atoms with Gasteiger partial charge in [-0.2, -0.15) is 0 Å². The minimum Gasteiger partial charge on any atom is -0.456 e. The van der Waals surface area contributed by atoms with Gasteiger partial charge in [0.2, 0.25) is 0 Å². The number of carbonyl (C=O) groups excluding carboxylic acids is 2. The fourth-order valence-electron chi connectivity index (χ4n) is 2.27. The molecule has 4 atom stereocenters. The Morgan fingerprint density at radius 1 is 1.14 bits per heavy atom. The number of aliphatic hydroxyl groups is 1. The van der Waals surface area contributed by atoms with E-state index in [4.69, 9.17) is 14.2 Å². The molecular weight excluding hydrogens is 192 g/mol. The van der Waals surface area contributed by atoms with Crippen LogP contribution in [0.5, 0.6) is 0 Å². The van der Waals surface area contributed by atoms with Crippen LogP contribution in [0.1, 0.15) is 12.8 Å². The molecule has 14 heavy (non-hydrogen) atoms. The summed E-state index contributed by atoms with van der Waals surface area (Å²) in [6.45, 7) is 0. The molecule has 0 spiro atoms. The molecule has 6 heteroatoms. The van der Waals surface area contributed by atoms with Crippen LogP contribution in [0.4, 0.5) is 4.79 Å². The monoisotopic (exact) mass is 200 g/mol. The van der Waals surface area contributed by atoms with Crippen molar-refractivity contribution in [2.45, 2.75) is 36.8 Å². The highest BCUT2D eigenvalue weighted by molar-refractivity contribution is 5.82. The molecule has 1 N–H and O–H groups in total. The summed E-state index contributed by atoms with van der Waals surface area (Å²) in [4.78, 5) is 22.0. The number of rotatable bonds is 0. The lowest BCUT2D eigenvalue weighted by molar-refractivity contribution is -0.155. The molecule has 76 valence electrons.